The predicted molar refractivity (Wildman–Crippen MR) is 78.9 cm³/mol. The van der Waals surface area contributed by atoms with E-state index >= 15 is 0 Å². The van der Waals surface area contributed by atoms with Gasteiger partial charge in [0.1, 0.15) is 18.1 Å². The van der Waals surface area contributed by atoms with Gasteiger partial charge >= 0.3 is 5.97 Å². The van der Waals surface area contributed by atoms with Gasteiger partial charge in [0.2, 0.25) is 0 Å². The minimum Gasteiger partial charge on any atom is -0.455 e. The van der Waals surface area contributed by atoms with Gasteiger partial charge in [-0.05, 0) is 29.8 Å². The molecular weight excluding hydrogens is 299 g/mol. The number of nitrogens with zero attached hydrogens (tertiary/aromatic N) is 4. The predicted octanol–water partition coefficient (Wildman–Crippen LogP) is 2.22. The number of carbonyl (C=O) groups is 1. The first kappa shape index (κ1) is 14.8. The minimum atomic E-state index is -0.466. The highest BCUT2D eigenvalue weighted by molar-refractivity contribution is 5.88. The highest BCUT2D eigenvalue weighted by Crippen LogP contribution is 2.06. The van der Waals surface area contributed by atoms with Crippen LogP contribution in [0.25, 0.3) is 0 Å². The van der Waals surface area contributed by atoms with Gasteiger partial charge in [-0.2, -0.15) is 0 Å². The Morgan fingerprint density at radius 2 is 2.04 bits per heavy atom. The molecule has 0 amide bonds. The van der Waals surface area contributed by atoms with Crippen molar-refractivity contribution in [1.29, 1.82) is 0 Å². The molecule has 6 nitrogen and oxygen atoms in total. The third-order valence-corrected chi connectivity index (χ3v) is 3.09. The second-order valence-electron chi connectivity index (χ2n) is 4.85. The van der Waals surface area contributed by atoms with Crippen LogP contribution in [-0.2, 0) is 17.9 Å². The lowest BCUT2D eigenvalue weighted by atomic mass is 10.2. The number of carbonyl (C=O) groups excluding carboxylic acids is 1. The molecule has 0 aliphatic heterocycles. The summed E-state index contributed by atoms with van der Waals surface area (Å²) in [4.78, 5) is 15.7. The fourth-order valence-corrected chi connectivity index (χ4v) is 1.97. The number of pyridine rings is 1. The summed E-state index contributed by atoms with van der Waals surface area (Å²) in [6.07, 6.45) is 4.70. The molecule has 0 saturated heterocycles. The van der Waals surface area contributed by atoms with Crippen molar-refractivity contribution < 1.29 is 13.9 Å². The van der Waals surface area contributed by atoms with E-state index in [1.165, 1.54) is 18.3 Å². The molecular formula is C16H13FN4O2. The number of benzene rings is 1. The molecule has 1 aromatic carbocycles. The van der Waals surface area contributed by atoms with Crippen LogP contribution in [0.1, 0.15) is 21.6 Å². The number of ether oxygens (including phenoxy) is 1. The molecule has 0 atom stereocenters. The van der Waals surface area contributed by atoms with Crippen molar-refractivity contribution in [1.82, 2.24) is 20.0 Å². The Hall–Kier alpha value is -3.09. The first-order valence-corrected chi connectivity index (χ1v) is 6.91. The maximum absolute atomic E-state index is 12.9. The van der Waals surface area contributed by atoms with E-state index in [4.69, 9.17) is 4.74 Å². The molecule has 0 aliphatic rings. The lowest BCUT2D eigenvalue weighted by Gasteiger charge is -2.02. The van der Waals surface area contributed by atoms with E-state index in [2.05, 4.69) is 15.3 Å². The summed E-state index contributed by atoms with van der Waals surface area (Å²) in [7, 11) is 0. The molecule has 3 rings (SSSR count). The number of rotatable bonds is 5. The van der Waals surface area contributed by atoms with Crippen LogP contribution in [0, 0.1) is 5.82 Å². The summed E-state index contributed by atoms with van der Waals surface area (Å²) in [5.41, 5.74) is 1.81. The first-order valence-electron chi connectivity index (χ1n) is 6.91. The van der Waals surface area contributed by atoms with Gasteiger partial charge in [-0.15, -0.1) is 5.10 Å². The maximum atomic E-state index is 12.9. The van der Waals surface area contributed by atoms with Crippen LogP contribution < -0.4 is 0 Å². The molecule has 2 aromatic heterocycles. The lowest BCUT2D eigenvalue weighted by molar-refractivity contribution is 0.0467. The van der Waals surface area contributed by atoms with Crippen molar-refractivity contribution in [2.75, 3.05) is 0 Å². The van der Waals surface area contributed by atoms with Crippen molar-refractivity contribution in [3.8, 4) is 0 Å². The van der Waals surface area contributed by atoms with Crippen LogP contribution in [0.4, 0.5) is 4.39 Å². The van der Waals surface area contributed by atoms with Crippen LogP contribution in [0.3, 0.4) is 0 Å². The Balaban J connectivity index is 1.57. The number of aromatic nitrogens is 4. The summed E-state index contributed by atoms with van der Waals surface area (Å²) < 4.78 is 19.6. The van der Waals surface area contributed by atoms with E-state index < -0.39 is 5.97 Å². The van der Waals surface area contributed by atoms with E-state index in [0.29, 0.717) is 17.8 Å². The van der Waals surface area contributed by atoms with Gasteiger partial charge in [-0.1, -0.05) is 17.3 Å². The summed E-state index contributed by atoms with van der Waals surface area (Å²) in [5.74, 6) is -0.749. The van der Waals surface area contributed by atoms with E-state index in [0.717, 1.165) is 5.56 Å². The zero-order valence-corrected chi connectivity index (χ0v) is 12.1. The van der Waals surface area contributed by atoms with Gasteiger partial charge in [-0.25, -0.2) is 13.9 Å². The van der Waals surface area contributed by atoms with E-state index in [1.54, 1.807) is 41.3 Å². The monoisotopic (exact) mass is 312 g/mol. The van der Waals surface area contributed by atoms with Gasteiger partial charge < -0.3 is 4.74 Å². The molecule has 2 heterocycles. The molecule has 0 saturated carbocycles. The third kappa shape index (κ3) is 3.97. The molecule has 0 N–H and O–H groups in total. The van der Waals surface area contributed by atoms with E-state index in [1.807, 2.05) is 0 Å². The Morgan fingerprint density at radius 1 is 1.22 bits per heavy atom. The minimum absolute atomic E-state index is 0.0249. The maximum Gasteiger partial charge on any atom is 0.340 e. The van der Waals surface area contributed by atoms with Crippen LogP contribution in [0.15, 0.2) is 55.0 Å². The molecule has 0 spiro atoms. The molecule has 116 valence electrons. The average molecular weight is 312 g/mol. The van der Waals surface area contributed by atoms with Crippen molar-refractivity contribution in [2.24, 2.45) is 0 Å². The van der Waals surface area contributed by atoms with Crippen molar-refractivity contribution >= 4 is 5.97 Å². The second-order valence-corrected chi connectivity index (χ2v) is 4.85. The number of halogens is 1. The second kappa shape index (κ2) is 6.78. The summed E-state index contributed by atoms with van der Waals surface area (Å²) in [5, 5.41) is 7.90. The van der Waals surface area contributed by atoms with Crippen molar-refractivity contribution in [2.45, 2.75) is 13.2 Å². The molecule has 0 radical (unpaired) electrons. The topological polar surface area (TPSA) is 69.9 Å². The summed E-state index contributed by atoms with van der Waals surface area (Å²) in [6.45, 7) is 0.487. The fraction of sp³-hybridized carbons (Fsp3) is 0.125. The molecule has 0 unspecified atom stereocenters. The Morgan fingerprint density at radius 3 is 2.78 bits per heavy atom. The third-order valence-electron chi connectivity index (χ3n) is 3.09. The summed E-state index contributed by atoms with van der Waals surface area (Å²) >= 11 is 0. The van der Waals surface area contributed by atoms with Crippen LogP contribution in [0.5, 0.6) is 0 Å². The molecule has 0 bridgehead atoms. The average Bonchev–Trinajstić information content (AvgIpc) is 3.03. The van der Waals surface area contributed by atoms with Crippen LogP contribution in [-0.4, -0.2) is 25.9 Å². The van der Waals surface area contributed by atoms with E-state index in [-0.39, 0.29) is 12.4 Å². The highest BCUT2D eigenvalue weighted by atomic mass is 19.1. The highest BCUT2D eigenvalue weighted by Gasteiger charge is 2.09. The molecule has 7 heteroatoms. The fourth-order valence-electron chi connectivity index (χ4n) is 1.97. The number of hydrogen-bond donors (Lipinski definition) is 0. The molecule has 0 aliphatic carbocycles. The molecule has 0 fully saturated rings. The Kier molecular flexibility index (Phi) is 4.37. The number of hydrogen-bond acceptors (Lipinski definition) is 5. The first-order chi connectivity index (χ1) is 11.2. The number of esters is 1. The van der Waals surface area contributed by atoms with Gasteiger partial charge in [0, 0.05) is 12.4 Å². The van der Waals surface area contributed by atoms with Crippen LogP contribution in [0.2, 0.25) is 0 Å². The zero-order chi connectivity index (χ0) is 16.1. The normalized spacial score (nSPS) is 10.5. The van der Waals surface area contributed by atoms with Crippen molar-refractivity contribution in [3.63, 3.8) is 0 Å². The summed E-state index contributed by atoms with van der Waals surface area (Å²) in [6, 6.07) is 9.43. The zero-order valence-electron chi connectivity index (χ0n) is 12.1. The van der Waals surface area contributed by atoms with Crippen molar-refractivity contribution in [3.05, 3.63) is 77.6 Å². The van der Waals surface area contributed by atoms with Gasteiger partial charge in [-0.3, -0.25) is 4.98 Å². The molecule has 3 aromatic rings. The van der Waals surface area contributed by atoms with Gasteiger partial charge in [0.05, 0.1) is 18.3 Å². The van der Waals surface area contributed by atoms with Gasteiger partial charge in [0.25, 0.3) is 0 Å². The Bertz CT molecular complexity index is 787. The largest absolute Gasteiger partial charge is 0.455 e. The SMILES string of the molecule is O=C(OCc1cn(Cc2ccc(F)cc2)nn1)c1cccnc1. The Labute approximate surface area is 131 Å². The lowest BCUT2D eigenvalue weighted by Crippen LogP contribution is -2.05. The quantitative estimate of drug-likeness (QED) is 0.676. The standard InChI is InChI=1S/C16H13FN4O2/c17-14-5-3-12(4-6-14)9-21-10-15(19-20-21)11-23-16(22)13-2-1-7-18-8-13/h1-8,10H,9,11H2. The smallest absolute Gasteiger partial charge is 0.340 e. The van der Waals surface area contributed by atoms with Crippen LogP contribution >= 0.6 is 0 Å². The van der Waals surface area contributed by atoms with E-state index in [9.17, 15) is 9.18 Å². The molecule has 23 heavy (non-hydrogen) atoms. The van der Waals surface area contributed by atoms with Gasteiger partial charge in [0.15, 0.2) is 0 Å².